The largest absolute Gasteiger partial charge is 0.444 e. The summed E-state index contributed by atoms with van der Waals surface area (Å²) in [4.78, 5) is 43.3. The summed E-state index contributed by atoms with van der Waals surface area (Å²) in [5.41, 5.74) is 1.77. The number of anilines is 1. The Morgan fingerprint density at radius 2 is 2.08 bits per heavy atom. The first kappa shape index (κ1) is 25.8. The van der Waals surface area contributed by atoms with Crippen molar-refractivity contribution in [2.75, 3.05) is 18.0 Å². The van der Waals surface area contributed by atoms with E-state index in [1.165, 1.54) is 4.57 Å². The smallest absolute Gasteiger partial charge is 0.407 e. The van der Waals surface area contributed by atoms with Gasteiger partial charge in [0.1, 0.15) is 11.1 Å². The van der Waals surface area contributed by atoms with Crippen molar-refractivity contribution in [2.24, 2.45) is 7.05 Å². The Morgan fingerprint density at radius 3 is 2.78 bits per heavy atom. The lowest BCUT2D eigenvalue weighted by atomic mass is 10.0. The van der Waals surface area contributed by atoms with E-state index >= 15 is 0 Å². The van der Waals surface area contributed by atoms with Crippen molar-refractivity contribution in [3.05, 3.63) is 51.9 Å². The zero-order valence-electron chi connectivity index (χ0n) is 21.4. The molecule has 1 atom stereocenters. The van der Waals surface area contributed by atoms with Gasteiger partial charge in [-0.25, -0.2) is 9.59 Å². The number of aryl methyl sites for hydroxylation is 1. The number of aromatic nitrogens is 3. The molecule has 1 N–H and O–H groups in total. The van der Waals surface area contributed by atoms with Gasteiger partial charge in [0.2, 0.25) is 5.88 Å². The first-order chi connectivity index (χ1) is 17.6. The van der Waals surface area contributed by atoms with Crippen LogP contribution in [0.1, 0.15) is 44.7 Å². The Labute approximate surface area is 214 Å². The van der Waals surface area contributed by atoms with Gasteiger partial charge in [0, 0.05) is 32.2 Å². The number of nitriles is 1. The molecule has 3 aromatic rings. The molecule has 194 valence electrons. The van der Waals surface area contributed by atoms with Gasteiger partial charge in [0.15, 0.2) is 5.65 Å². The number of carbonyl (C=O) groups is 2. The number of hydrogen-bond donors (Lipinski definition) is 1. The van der Waals surface area contributed by atoms with Crippen LogP contribution in [0, 0.1) is 11.3 Å². The van der Waals surface area contributed by atoms with E-state index in [9.17, 15) is 19.6 Å². The molecule has 1 amide bonds. The lowest BCUT2D eigenvalue weighted by molar-refractivity contribution is -0.120. The molecule has 0 bridgehead atoms. The molecule has 0 spiro atoms. The molecule has 2 aromatic heterocycles. The molecule has 0 saturated carbocycles. The molecule has 37 heavy (non-hydrogen) atoms. The third-order valence-corrected chi connectivity index (χ3v) is 6.15. The van der Waals surface area contributed by atoms with E-state index in [2.05, 4.69) is 16.4 Å². The van der Waals surface area contributed by atoms with Gasteiger partial charge in [0.05, 0.1) is 23.9 Å². The molecule has 11 heteroatoms. The van der Waals surface area contributed by atoms with Crippen molar-refractivity contribution in [3.63, 3.8) is 0 Å². The highest BCUT2D eigenvalue weighted by Crippen LogP contribution is 2.32. The molecule has 1 aromatic carbocycles. The fraction of sp³-hybridized carbons (Fsp3) is 0.423. The summed E-state index contributed by atoms with van der Waals surface area (Å²) >= 11 is 0. The Balaban J connectivity index is 1.77. The van der Waals surface area contributed by atoms with E-state index in [-0.39, 0.29) is 24.2 Å². The summed E-state index contributed by atoms with van der Waals surface area (Å²) < 4.78 is 13.5. The summed E-state index contributed by atoms with van der Waals surface area (Å²) in [5.74, 6) is 0.0601. The molecule has 1 fully saturated rings. The van der Waals surface area contributed by atoms with Crippen LogP contribution in [0.15, 0.2) is 35.1 Å². The standard InChI is InChI=1S/C26H30N6O5/c1-26(2,3)37-24(34)28-19-10-7-11-31(15-19)20-12-21(36-16-33)29-23-22(20)32(25(35)30(23)4)14-18-9-6-5-8-17(18)13-27/h5-6,8-9,12,16,19H,7,10-11,14-15H2,1-4H3,(H,28,34)/t19-/m1/s1. The monoisotopic (exact) mass is 506 g/mol. The van der Waals surface area contributed by atoms with Crippen LogP contribution in [0.2, 0.25) is 0 Å². The summed E-state index contributed by atoms with van der Waals surface area (Å²) in [6.07, 6.45) is 1.05. The number of benzene rings is 1. The number of amides is 1. The van der Waals surface area contributed by atoms with E-state index in [1.807, 2.05) is 17.0 Å². The van der Waals surface area contributed by atoms with Crippen molar-refractivity contribution < 1.29 is 19.1 Å². The Hall–Kier alpha value is -4.33. The van der Waals surface area contributed by atoms with E-state index in [4.69, 9.17) is 9.47 Å². The Kier molecular flexibility index (Phi) is 7.20. The van der Waals surface area contributed by atoms with Gasteiger partial charge in [-0.2, -0.15) is 10.2 Å². The topological polar surface area (TPSA) is 131 Å². The molecule has 1 aliphatic heterocycles. The first-order valence-corrected chi connectivity index (χ1v) is 12.0. The van der Waals surface area contributed by atoms with Crippen molar-refractivity contribution >= 4 is 29.4 Å². The lowest BCUT2D eigenvalue weighted by Gasteiger charge is -2.35. The first-order valence-electron chi connectivity index (χ1n) is 12.0. The van der Waals surface area contributed by atoms with Crippen LogP contribution >= 0.6 is 0 Å². The number of ether oxygens (including phenoxy) is 2. The quantitative estimate of drug-likeness (QED) is 0.505. The molecule has 3 heterocycles. The van der Waals surface area contributed by atoms with E-state index in [1.54, 1.807) is 50.6 Å². The van der Waals surface area contributed by atoms with Crippen LogP contribution in [0.4, 0.5) is 10.5 Å². The van der Waals surface area contributed by atoms with Crippen LogP contribution in [0.25, 0.3) is 11.2 Å². The number of hydrogen-bond acceptors (Lipinski definition) is 8. The van der Waals surface area contributed by atoms with Crippen molar-refractivity contribution in [3.8, 4) is 11.9 Å². The number of nitrogens with one attached hydrogen (secondary N) is 1. The average molecular weight is 507 g/mol. The van der Waals surface area contributed by atoms with E-state index < -0.39 is 11.7 Å². The second kappa shape index (κ2) is 10.3. The molecule has 4 rings (SSSR count). The summed E-state index contributed by atoms with van der Waals surface area (Å²) in [6, 6.07) is 10.7. The highest BCUT2D eigenvalue weighted by atomic mass is 16.6. The molecular weight excluding hydrogens is 476 g/mol. The molecule has 1 aliphatic rings. The Morgan fingerprint density at radius 1 is 1.32 bits per heavy atom. The van der Waals surface area contributed by atoms with Crippen LogP contribution in [-0.2, 0) is 23.1 Å². The predicted molar refractivity (Wildman–Crippen MR) is 137 cm³/mol. The van der Waals surface area contributed by atoms with Crippen LogP contribution in [-0.4, -0.2) is 51.4 Å². The van der Waals surface area contributed by atoms with E-state index in [0.717, 1.165) is 12.8 Å². The molecular formula is C26H30N6O5. The van der Waals surface area contributed by atoms with Gasteiger partial charge in [-0.1, -0.05) is 18.2 Å². The number of imidazole rings is 1. The summed E-state index contributed by atoms with van der Waals surface area (Å²) in [7, 11) is 1.60. The van der Waals surface area contributed by atoms with Crippen LogP contribution in [0.3, 0.4) is 0 Å². The van der Waals surface area contributed by atoms with Gasteiger partial charge >= 0.3 is 11.8 Å². The molecule has 0 aliphatic carbocycles. The van der Waals surface area contributed by atoms with Gasteiger partial charge in [-0.3, -0.25) is 13.9 Å². The summed E-state index contributed by atoms with van der Waals surface area (Å²) in [6.45, 7) is 6.99. The maximum atomic E-state index is 13.3. The van der Waals surface area contributed by atoms with Crippen molar-refractivity contribution in [2.45, 2.75) is 51.8 Å². The molecule has 0 unspecified atom stereocenters. The second-order valence-corrected chi connectivity index (χ2v) is 9.99. The molecule has 0 radical (unpaired) electrons. The Bertz CT molecular complexity index is 1430. The average Bonchev–Trinajstić information content (AvgIpc) is 3.08. The fourth-order valence-corrected chi connectivity index (χ4v) is 4.57. The highest BCUT2D eigenvalue weighted by molar-refractivity contribution is 5.88. The fourth-order valence-electron chi connectivity index (χ4n) is 4.57. The van der Waals surface area contributed by atoms with Gasteiger partial charge in [0.25, 0.3) is 6.47 Å². The number of carbonyl (C=O) groups excluding carboxylic acids is 2. The minimum absolute atomic E-state index is 0.0601. The summed E-state index contributed by atoms with van der Waals surface area (Å²) in [5, 5.41) is 12.5. The third-order valence-electron chi connectivity index (χ3n) is 6.15. The van der Waals surface area contributed by atoms with Crippen molar-refractivity contribution in [1.82, 2.24) is 19.4 Å². The van der Waals surface area contributed by atoms with Crippen LogP contribution in [0.5, 0.6) is 5.88 Å². The van der Waals surface area contributed by atoms with E-state index in [0.29, 0.717) is 47.5 Å². The number of pyridine rings is 1. The minimum atomic E-state index is -0.614. The maximum absolute atomic E-state index is 13.3. The predicted octanol–water partition coefficient (Wildman–Crippen LogP) is 2.68. The second-order valence-electron chi connectivity index (χ2n) is 9.99. The highest BCUT2D eigenvalue weighted by Gasteiger charge is 2.28. The SMILES string of the molecule is Cn1c(=O)n(Cc2ccccc2C#N)c2c(N3CCC[C@@H](NC(=O)OC(C)(C)C)C3)cc(OC=O)nc21. The van der Waals surface area contributed by atoms with Crippen LogP contribution < -0.4 is 20.6 Å². The van der Waals surface area contributed by atoms with Gasteiger partial charge in [-0.05, 0) is 45.2 Å². The van der Waals surface area contributed by atoms with Gasteiger partial charge < -0.3 is 19.7 Å². The third kappa shape index (κ3) is 5.58. The zero-order valence-corrected chi connectivity index (χ0v) is 21.4. The lowest BCUT2D eigenvalue weighted by Crippen LogP contribution is -2.49. The number of nitrogens with zero attached hydrogens (tertiary/aromatic N) is 5. The number of piperidine rings is 1. The maximum Gasteiger partial charge on any atom is 0.407 e. The minimum Gasteiger partial charge on any atom is -0.444 e. The van der Waals surface area contributed by atoms with Gasteiger partial charge in [-0.15, -0.1) is 0 Å². The zero-order chi connectivity index (χ0) is 26.7. The number of fused-ring (bicyclic) bond motifs is 1. The number of alkyl carbamates (subject to hydrolysis) is 1. The number of rotatable bonds is 6. The molecule has 1 saturated heterocycles. The van der Waals surface area contributed by atoms with Crippen molar-refractivity contribution in [1.29, 1.82) is 5.26 Å². The molecule has 11 nitrogen and oxygen atoms in total. The normalized spacial score (nSPS) is 15.8.